The second-order valence-corrected chi connectivity index (χ2v) is 7.74. The molecule has 162 valence electrons. The molecule has 1 aromatic heterocycles. The molecule has 1 N–H and O–H groups in total. The van der Waals surface area contributed by atoms with Crippen LogP contribution in [0, 0.1) is 5.82 Å². The smallest absolute Gasteiger partial charge is 0.218 e. The molecular formula is C23H22ClFN2O4. The molecule has 0 atom stereocenters. The molecule has 31 heavy (non-hydrogen) atoms. The van der Waals surface area contributed by atoms with E-state index < -0.39 is 11.4 Å². The average Bonchev–Trinajstić information content (AvgIpc) is 3.53. The third-order valence-corrected chi connectivity index (χ3v) is 5.23. The van der Waals surface area contributed by atoms with Crippen molar-refractivity contribution >= 4 is 11.6 Å². The van der Waals surface area contributed by atoms with Gasteiger partial charge in [-0.2, -0.15) is 4.98 Å². The van der Waals surface area contributed by atoms with Crippen molar-refractivity contribution in [3.8, 4) is 34.3 Å². The molecular weight excluding hydrogens is 423 g/mol. The largest absolute Gasteiger partial charge is 0.490 e. The summed E-state index contributed by atoms with van der Waals surface area (Å²) in [6, 6.07) is 13.5. The van der Waals surface area contributed by atoms with Gasteiger partial charge in [-0.15, -0.1) is 0 Å². The SMILES string of the molecule is COCC1(Oc2cc(-c3ccccc3OCCO)nc(-c3ccc(Cl)c(F)c3)n2)CC1. The lowest BCUT2D eigenvalue weighted by Crippen LogP contribution is -2.24. The van der Waals surface area contributed by atoms with Crippen molar-refractivity contribution in [2.75, 3.05) is 26.9 Å². The molecule has 2 aromatic carbocycles. The van der Waals surface area contributed by atoms with Crippen molar-refractivity contribution in [2.45, 2.75) is 18.4 Å². The maximum atomic E-state index is 14.1. The van der Waals surface area contributed by atoms with Gasteiger partial charge < -0.3 is 19.3 Å². The molecule has 6 nitrogen and oxygen atoms in total. The van der Waals surface area contributed by atoms with Crippen LogP contribution < -0.4 is 9.47 Å². The number of aliphatic hydroxyl groups excluding tert-OH is 1. The van der Waals surface area contributed by atoms with E-state index in [9.17, 15) is 4.39 Å². The van der Waals surface area contributed by atoms with Gasteiger partial charge >= 0.3 is 0 Å². The molecule has 1 aliphatic rings. The zero-order valence-electron chi connectivity index (χ0n) is 17.0. The van der Waals surface area contributed by atoms with E-state index >= 15 is 0 Å². The van der Waals surface area contributed by atoms with Crippen LogP contribution in [0.2, 0.25) is 5.02 Å². The third-order valence-electron chi connectivity index (χ3n) is 4.93. The zero-order chi connectivity index (χ0) is 21.8. The van der Waals surface area contributed by atoms with Gasteiger partial charge in [0.05, 0.1) is 23.9 Å². The maximum Gasteiger partial charge on any atom is 0.218 e. The standard InChI is InChI=1S/C23H22ClFN2O4/c1-29-14-23(8-9-23)31-21-13-19(16-4-2-3-5-20(16)30-11-10-28)26-22(27-21)15-6-7-17(24)18(25)12-15/h2-7,12-13,28H,8-11,14H2,1H3. The Labute approximate surface area is 184 Å². The molecule has 1 heterocycles. The van der Waals surface area contributed by atoms with E-state index in [1.165, 1.54) is 12.1 Å². The van der Waals surface area contributed by atoms with Crippen molar-refractivity contribution in [2.24, 2.45) is 0 Å². The minimum Gasteiger partial charge on any atom is -0.490 e. The molecule has 0 aliphatic heterocycles. The number of hydrogen-bond donors (Lipinski definition) is 1. The number of nitrogens with zero attached hydrogens (tertiary/aromatic N) is 2. The van der Waals surface area contributed by atoms with E-state index in [4.69, 9.17) is 30.9 Å². The van der Waals surface area contributed by atoms with E-state index in [-0.39, 0.29) is 18.2 Å². The lowest BCUT2D eigenvalue weighted by atomic mass is 10.1. The Kier molecular flexibility index (Phi) is 6.36. The quantitative estimate of drug-likeness (QED) is 0.522. The molecule has 0 unspecified atom stereocenters. The molecule has 0 spiro atoms. The normalized spacial score (nSPS) is 14.3. The number of hydrogen-bond acceptors (Lipinski definition) is 6. The Morgan fingerprint density at radius 3 is 2.65 bits per heavy atom. The van der Waals surface area contributed by atoms with Crippen LogP contribution in [0.15, 0.2) is 48.5 Å². The maximum absolute atomic E-state index is 14.1. The predicted octanol–water partition coefficient (Wildman–Crippen LogP) is 4.53. The first-order chi connectivity index (χ1) is 15.0. The van der Waals surface area contributed by atoms with Crippen LogP contribution >= 0.6 is 11.6 Å². The summed E-state index contributed by atoms with van der Waals surface area (Å²) in [6.45, 7) is 0.492. The lowest BCUT2D eigenvalue weighted by Gasteiger charge is -2.18. The van der Waals surface area contributed by atoms with E-state index in [0.717, 1.165) is 12.8 Å². The summed E-state index contributed by atoms with van der Waals surface area (Å²) < 4.78 is 31.2. The summed E-state index contributed by atoms with van der Waals surface area (Å²) >= 11 is 5.83. The number of rotatable bonds is 9. The van der Waals surface area contributed by atoms with Crippen molar-refractivity contribution in [3.63, 3.8) is 0 Å². The van der Waals surface area contributed by atoms with Gasteiger partial charge in [-0.3, -0.25) is 0 Å². The molecule has 0 saturated heterocycles. The third kappa shape index (κ3) is 4.95. The highest BCUT2D eigenvalue weighted by Crippen LogP contribution is 2.41. The van der Waals surface area contributed by atoms with Crippen molar-refractivity contribution < 1.29 is 23.7 Å². The van der Waals surface area contributed by atoms with E-state index in [1.807, 2.05) is 18.2 Å². The van der Waals surface area contributed by atoms with E-state index in [1.54, 1.807) is 25.3 Å². The van der Waals surface area contributed by atoms with Gasteiger partial charge in [0.2, 0.25) is 5.88 Å². The molecule has 4 rings (SSSR count). The van der Waals surface area contributed by atoms with Crippen LogP contribution in [-0.4, -0.2) is 47.6 Å². The molecule has 1 saturated carbocycles. The molecule has 0 radical (unpaired) electrons. The van der Waals surface area contributed by atoms with Crippen LogP contribution in [-0.2, 0) is 4.74 Å². The van der Waals surface area contributed by atoms with Gasteiger partial charge in [0.1, 0.15) is 23.8 Å². The summed E-state index contributed by atoms with van der Waals surface area (Å²) in [5.41, 5.74) is 1.32. The summed E-state index contributed by atoms with van der Waals surface area (Å²) in [7, 11) is 1.63. The highest BCUT2D eigenvalue weighted by molar-refractivity contribution is 6.30. The Bertz CT molecular complexity index is 1080. The van der Waals surface area contributed by atoms with Gasteiger partial charge in [0, 0.05) is 24.3 Å². The fraction of sp³-hybridized carbons (Fsp3) is 0.304. The fourth-order valence-electron chi connectivity index (χ4n) is 3.24. The molecule has 8 heteroatoms. The minimum absolute atomic E-state index is 0.0242. The van der Waals surface area contributed by atoms with Gasteiger partial charge in [-0.05, 0) is 43.2 Å². The Morgan fingerprint density at radius 2 is 1.94 bits per heavy atom. The second kappa shape index (κ2) is 9.18. The van der Waals surface area contributed by atoms with Gasteiger partial charge in [-0.25, -0.2) is 9.37 Å². The second-order valence-electron chi connectivity index (χ2n) is 7.33. The van der Waals surface area contributed by atoms with Crippen molar-refractivity contribution in [3.05, 3.63) is 59.4 Å². The average molecular weight is 445 g/mol. The highest BCUT2D eigenvalue weighted by atomic mass is 35.5. The topological polar surface area (TPSA) is 73.7 Å². The Hall–Kier alpha value is -2.74. The molecule has 1 aliphatic carbocycles. The molecule has 3 aromatic rings. The number of benzene rings is 2. The van der Waals surface area contributed by atoms with E-state index in [2.05, 4.69) is 9.97 Å². The van der Waals surface area contributed by atoms with Crippen LogP contribution in [0.5, 0.6) is 11.6 Å². The fourth-order valence-corrected chi connectivity index (χ4v) is 3.36. The predicted molar refractivity (Wildman–Crippen MR) is 115 cm³/mol. The van der Waals surface area contributed by atoms with Gasteiger partial charge in [-0.1, -0.05) is 23.7 Å². The van der Waals surface area contributed by atoms with Crippen LogP contribution in [0.1, 0.15) is 12.8 Å². The number of para-hydroxylation sites is 1. The summed E-state index contributed by atoms with van der Waals surface area (Å²) in [5.74, 6) is 0.669. The summed E-state index contributed by atoms with van der Waals surface area (Å²) in [5, 5.41) is 9.15. The van der Waals surface area contributed by atoms with Crippen molar-refractivity contribution in [1.82, 2.24) is 9.97 Å². The van der Waals surface area contributed by atoms with Gasteiger partial charge in [0.25, 0.3) is 0 Å². The van der Waals surface area contributed by atoms with Crippen LogP contribution in [0.4, 0.5) is 4.39 Å². The van der Waals surface area contributed by atoms with Crippen LogP contribution in [0.25, 0.3) is 22.6 Å². The van der Waals surface area contributed by atoms with Gasteiger partial charge in [0.15, 0.2) is 5.82 Å². The summed E-state index contributed by atoms with van der Waals surface area (Å²) in [4.78, 5) is 9.15. The molecule has 0 amide bonds. The first-order valence-corrected chi connectivity index (χ1v) is 10.3. The number of halogens is 2. The Morgan fingerprint density at radius 1 is 1.13 bits per heavy atom. The zero-order valence-corrected chi connectivity index (χ0v) is 17.7. The number of aliphatic hydroxyl groups is 1. The summed E-state index contributed by atoms with van der Waals surface area (Å²) in [6.07, 6.45) is 1.72. The number of ether oxygens (including phenoxy) is 3. The number of methoxy groups -OCH3 is 1. The van der Waals surface area contributed by atoms with Crippen LogP contribution in [0.3, 0.4) is 0 Å². The Balaban J connectivity index is 1.79. The first-order valence-electron chi connectivity index (χ1n) is 9.89. The first kappa shape index (κ1) is 21.5. The molecule has 1 fully saturated rings. The van der Waals surface area contributed by atoms with Crippen molar-refractivity contribution in [1.29, 1.82) is 0 Å². The monoisotopic (exact) mass is 444 g/mol. The van der Waals surface area contributed by atoms with E-state index in [0.29, 0.717) is 40.9 Å². The lowest BCUT2D eigenvalue weighted by molar-refractivity contribution is 0.0607. The molecule has 0 bridgehead atoms. The number of aromatic nitrogens is 2. The minimum atomic E-state index is -0.555. The highest BCUT2D eigenvalue weighted by Gasteiger charge is 2.46.